The number of benzene rings is 2. The summed E-state index contributed by atoms with van der Waals surface area (Å²) in [5.41, 5.74) is 1.02. The molecule has 0 aliphatic heterocycles. The first-order chi connectivity index (χ1) is 11.1. The molecule has 0 saturated heterocycles. The summed E-state index contributed by atoms with van der Waals surface area (Å²) in [6.07, 6.45) is 0.780. The number of carbonyl (C=O) groups is 1. The van der Waals surface area contributed by atoms with Gasteiger partial charge >= 0.3 is 0 Å². The fourth-order valence-electron chi connectivity index (χ4n) is 2.23. The number of para-hydroxylation sites is 2. The number of amides is 1. The van der Waals surface area contributed by atoms with E-state index in [2.05, 4.69) is 5.32 Å². The summed E-state index contributed by atoms with van der Waals surface area (Å²) in [4.78, 5) is 12.1. The summed E-state index contributed by atoms with van der Waals surface area (Å²) < 4.78 is 10.7. The Labute approximate surface area is 141 Å². The smallest absolute Gasteiger partial charge is 0.258 e. The van der Waals surface area contributed by atoms with E-state index in [9.17, 15) is 4.79 Å². The highest BCUT2D eigenvalue weighted by molar-refractivity contribution is 6.30. The van der Waals surface area contributed by atoms with Crippen LogP contribution in [-0.4, -0.2) is 19.6 Å². The van der Waals surface area contributed by atoms with Crippen LogP contribution in [0.3, 0.4) is 0 Å². The van der Waals surface area contributed by atoms with Gasteiger partial charge in [-0.15, -0.1) is 0 Å². The second-order valence-corrected chi connectivity index (χ2v) is 5.46. The van der Waals surface area contributed by atoms with Crippen LogP contribution < -0.4 is 14.8 Å². The van der Waals surface area contributed by atoms with Crippen molar-refractivity contribution in [2.24, 2.45) is 0 Å². The highest BCUT2D eigenvalue weighted by Crippen LogP contribution is 2.25. The lowest BCUT2D eigenvalue weighted by atomic mass is 10.0. The van der Waals surface area contributed by atoms with Crippen LogP contribution in [0.4, 0.5) is 0 Å². The Balaban J connectivity index is 1.94. The van der Waals surface area contributed by atoms with Gasteiger partial charge in [0.15, 0.2) is 18.1 Å². The number of carbonyl (C=O) groups excluding carboxylic acids is 1. The average molecular weight is 334 g/mol. The van der Waals surface area contributed by atoms with Crippen LogP contribution in [0.25, 0.3) is 0 Å². The molecule has 0 aromatic heterocycles. The topological polar surface area (TPSA) is 47.6 Å². The van der Waals surface area contributed by atoms with Gasteiger partial charge in [-0.2, -0.15) is 0 Å². The van der Waals surface area contributed by atoms with E-state index in [0.717, 1.165) is 12.0 Å². The lowest BCUT2D eigenvalue weighted by molar-refractivity contribution is -0.123. The van der Waals surface area contributed by atoms with Gasteiger partial charge in [-0.05, 0) is 36.2 Å². The third kappa shape index (κ3) is 4.89. The van der Waals surface area contributed by atoms with Gasteiger partial charge in [-0.25, -0.2) is 0 Å². The van der Waals surface area contributed by atoms with Gasteiger partial charge < -0.3 is 14.8 Å². The molecule has 2 rings (SSSR count). The molecule has 0 aliphatic rings. The van der Waals surface area contributed by atoms with E-state index in [4.69, 9.17) is 21.1 Å². The number of nitrogens with one attached hydrogen (secondary N) is 1. The summed E-state index contributed by atoms with van der Waals surface area (Å²) >= 11 is 5.89. The molecule has 0 saturated carbocycles. The third-order valence-electron chi connectivity index (χ3n) is 3.44. The van der Waals surface area contributed by atoms with Crippen molar-refractivity contribution in [3.05, 3.63) is 59.1 Å². The summed E-state index contributed by atoms with van der Waals surface area (Å²) in [5, 5.41) is 3.64. The molecular weight excluding hydrogens is 314 g/mol. The van der Waals surface area contributed by atoms with Gasteiger partial charge in [0, 0.05) is 5.02 Å². The highest BCUT2D eigenvalue weighted by Gasteiger charge is 2.14. The Morgan fingerprint density at radius 2 is 1.78 bits per heavy atom. The normalized spacial score (nSPS) is 11.6. The molecule has 0 aliphatic carbocycles. The van der Waals surface area contributed by atoms with E-state index < -0.39 is 0 Å². The Hall–Kier alpha value is -2.20. The van der Waals surface area contributed by atoms with E-state index in [1.165, 1.54) is 0 Å². The predicted molar refractivity (Wildman–Crippen MR) is 91.1 cm³/mol. The molecule has 1 unspecified atom stereocenters. The van der Waals surface area contributed by atoms with Crippen LogP contribution in [0.5, 0.6) is 11.5 Å². The van der Waals surface area contributed by atoms with Crippen LogP contribution in [-0.2, 0) is 4.79 Å². The molecule has 0 radical (unpaired) electrons. The summed E-state index contributed by atoms with van der Waals surface area (Å²) in [6.45, 7) is 1.95. The minimum atomic E-state index is -0.183. The minimum absolute atomic E-state index is 0.0650. The third-order valence-corrected chi connectivity index (χ3v) is 3.70. The predicted octanol–water partition coefficient (Wildman–Crippen LogP) is 3.99. The highest BCUT2D eigenvalue weighted by atomic mass is 35.5. The van der Waals surface area contributed by atoms with E-state index >= 15 is 0 Å². The van der Waals surface area contributed by atoms with Crippen LogP contribution in [0, 0.1) is 0 Å². The van der Waals surface area contributed by atoms with Crippen LogP contribution in [0.15, 0.2) is 48.5 Å². The maximum absolute atomic E-state index is 12.1. The van der Waals surface area contributed by atoms with E-state index in [1.54, 1.807) is 19.2 Å². The van der Waals surface area contributed by atoms with Crippen LogP contribution in [0.2, 0.25) is 5.02 Å². The lowest BCUT2D eigenvalue weighted by Crippen LogP contribution is -2.32. The molecule has 0 fully saturated rings. The molecule has 1 atom stereocenters. The van der Waals surface area contributed by atoms with Gasteiger partial charge in [-0.1, -0.05) is 42.8 Å². The Morgan fingerprint density at radius 3 is 2.39 bits per heavy atom. The quantitative estimate of drug-likeness (QED) is 0.833. The van der Waals surface area contributed by atoms with E-state index in [0.29, 0.717) is 16.5 Å². The number of halogens is 1. The molecular formula is C18H20ClNO3. The molecule has 2 aromatic rings. The second-order valence-electron chi connectivity index (χ2n) is 5.02. The zero-order valence-corrected chi connectivity index (χ0v) is 14.0. The van der Waals surface area contributed by atoms with Gasteiger partial charge in [0.2, 0.25) is 0 Å². The van der Waals surface area contributed by atoms with Gasteiger partial charge in [0.25, 0.3) is 5.91 Å². The van der Waals surface area contributed by atoms with Crippen molar-refractivity contribution in [3.8, 4) is 11.5 Å². The monoisotopic (exact) mass is 333 g/mol. The largest absolute Gasteiger partial charge is 0.493 e. The van der Waals surface area contributed by atoms with Crippen LogP contribution in [0.1, 0.15) is 24.9 Å². The lowest BCUT2D eigenvalue weighted by Gasteiger charge is -2.18. The molecule has 0 spiro atoms. The number of ether oxygens (including phenoxy) is 2. The SMILES string of the molecule is CCC(NC(=O)COc1ccccc1OC)c1ccc(Cl)cc1. The molecule has 122 valence electrons. The first-order valence-corrected chi connectivity index (χ1v) is 7.82. The molecule has 0 heterocycles. The molecule has 2 aromatic carbocycles. The number of methoxy groups -OCH3 is 1. The van der Waals surface area contributed by atoms with Crippen molar-refractivity contribution < 1.29 is 14.3 Å². The molecule has 23 heavy (non-hydrogen) atoms. The van der Waals surface area contributed by atoms with Crippen molar-refractivity contribution in [2.45, 2.75) is 19.4 Å². The molecule has 0 bridgehead atoms. The molecule has 1 N–H and O–H groups in total. The van der Waals surface area contributed by atoms with E-state index in [1.807, 2.05) is 43.3 Å². The molecule has 4 nitrogen and oxygen atoms in total. The van der Waals surface area contributed by atoms with Crippen LogP contribution >= 0.6 is 11.6 Å². The maximum Gasteiger partial charge on any atom is 0.258 e. The average Bonchev–Trinajstić information content (AvgIpc) is 2.59. The molecule has 5 heteroatoms. The van der Waals surface area contributed by atoms with Crippen molar-refractivity contribution in [1.29, 1.82) is 0 Å². The van der Waals surface area contributed by atoms with Gasteiger partial charge in [-0.3, -0.25) is 4.79 Å². The van der Waals surface area contributed by atoms with Gasteiger partial charge in [0.05, 0.1) is 13.2 Å². The summed E-state index contributed by atoms with van der Waals surface area (Å²) in [6, 6.07) is 14.6. The fraction of sp³-hybridized carbons (Fsp3) is 0.278. The minimum Gasteiger partial charge on any atom is -0.493 e. The Bertz CT molecular complexity index is 643. The van der Waals surface area contributed by atoms with Crippen molar-refractivity contribution in [1.82, 2.24) is 5.32 Å². The maximum atomic E-state index is 12.1. The zero-order chi connectivity index (χ0) is 16.7. The zero-order valence-electron chi connectivity index (χ0n) is 13.2. The van der Waals surface area contributed by atoms with Crippen molar-refractivity contribution in [2.75, 3.05) is 13.7 Å². The van der Waals surface area contributed by atoms with Gasteiger partial charge in [0.1, 0.15) is 0 Å². The first kappa shape index (κ1) is 17.2. The van der Waals surface area contributed by atoms with Crippen molar-refractivity contribution in [3.63, 3.8) is 0 Å². The Kier molecular flexibility index (Phi) is 6.29. The molecule has 1 amide bonds. The standard InChI is InChI=1S/C18H20ClNO3/c1-3-15(13-8-10-14(19)11-9-13)20-18(21)12-23-17-7-5-4-6-16(17)22-2/h4-11,15H,3,12H2,1-2H3,(H,20,21). The summed E-state index contributed by atoms with van der Waals surface area (Å²) in [5.74, 6) is 0.965. The fourth-order valence-corrected chi connectivity index (χ4v) is 2.36. The van der Waals surface area contributed by atoms with E-state index in [-0.39, 0.29) is 18.6 Å². The first-order valence-electron chi connectivity index (χ1n) is 7.44. The number of hydrogen-bond donors (Lipinski definition) is 1. The second kappa shape index (κ2) is 8.44. The number of rotatable bonds is 7. The summed E-state index contributed by atoms with van der Waals surface area (Å²) in [7, 11) is 1.57. The Morgan fingerprint density at radius 1 is 1.13 bits per heavy atom. The number of hydrogen-bond acceptors (Lipinski definition) is 3. The van der Waals surface area contributed by atoms with Crippen molar-refractivity contribution >= 4 is 17.5 Å².